The van der Waals surface area contributed by atoms with E-state index in [0.29, 0.717) is 6.04 Å². The fourth-order valence-corrected chi connectivity index (χ4v) is 3.09. The van der Waals surface area contributed by atoms with Crippen molar-refractivity contribution in [3.63, 3.8) is 0 Å². The molecule has 0 aromatic rings. The molecular weight excluding hydrogens is 194 g/mol. The predicted molar refractivity (Wildman–Crippen MR) is 58.9 cm³/mol. The number of nitriles is 1. The Morgan fingerprint density at radius 3 is 2.86 bits per heavy atom. The van der Waals surface area contributed by atoms with Gasteiger partial charge in [-0.3, -0.25) is 10.3 Å². The lowest BCUT2D eigenvalue weighted by atomic mass is 9.96. The van der Waals surface area contributed by atoms with Gasteiger partial charge in [0.1, 0.15) is 0 Å². The van der Waals surface area contributed by atoms with Crippen LogP contribution < -0.4 is 5.32 Å². The van der Waals surface area contributed by atoms with Crippen LogP contribution in [0.2, 0.25) is 0 Å². The smallest absolute Gasteiger partial charge is 0.183 e. The summed E-state index contributed by atoms with van der Waals surface area (Å²) >= 11 is 1.53. The van der Waals surface area contributed by atoms with Gasteiger partial charge >= 0.3 is 0 Å². The largest absolute Gasteiger partial charge is 0.272 e. The maximum absolute atomic E-state index is 8.52. The molecular formula is C10H15N3S. The average molecular weight is 209 g/mol. The molecule has 76 valence electrons. The number of hydrogen-bond donors (Lipinski definition) is 1. The molecule has 4 heteroatoms. The quantitative estimate of drug-likeness (QED) is 0.311. The normalized spacial score (nSPS) is 35.7. The molecule has 1 N–H and O–H groups in total. The molecule has 2 aliphatic rings. The van der Waals surface area contributed by atoms with Gasteiger partial charge in [-0.25, -0.2) is 0 Å². The van der Waals surface area contributed by atoms with E-state index in [4.69, 9.17) is 5.26 Å². The van der Waals surface area contributed by atoms with E-state index >= 15 is 0 Å². The maximum Gasteiger partial charge on any atom is 0.183 e. The molecule has 0 aromatic carbocycles. The van der Waals surface area contributed by atoms with E-state index in [1.54, 1.807) is 0 Å². The van der Waals surface area contributed by atoms with Crippen molar-refractivity contribution in [2.45, 2.75) is 31.7 Å². The number of fused-ring (bicyclic) bond motifs is 2. The number of nitrogens with one attached hydrogen (secondary N) is 1. The second-order valence-corrected chi connectivity index (χ2v) is 4.91. The SMILES string of the molecule is CSC(=N[C@H]1C[C@@H]2CC[C@H]1C2)NC#N. The Morgan fingerprint density at radius 2 is 2.36 bits per heavy atom. The van der Waals surface area contributed by atoms with E-state index in [9.17, 15) is 0 Å². The molecule has 3 atom stereocenters. The fourth-order valence-electron chi connectivity index (χ4n) is 2.70. The Hall–Kier alpha value is -0.690. The highest BCUT2D eigenvalue weighted by atomic mass is 32.2. The predicted octanol–water partition coefficient (Wildman–Crippen LogP) is 1.96. The highest BCUT2D eigenvalue weighted by Crippen LogP contribution is 2.46. The molecule has 2 rings (SSSR count). The van der Waals surface area contributed by atoms with E-state index in [1.807, 2.05) is 12.4 Å². The first-order chi connectivity index (χ1) is 6.83. The van der Waals surface area contributed by atoms with Gasteiger partial charge < -0.3 is 0 Å². The van der Waals surface area contributed by atoms with Crippen molar-refractivity contribution < 1.29 is 0 Å². The Balaban J connectivity index is 1.99. The molecule has 2 bridgehead atoms. The number of rotatable bonds is 1. The average Bonchev–Trinajstić information content (AvgIpc) is 2.78. The van der Waals surface area contributed by atoms with Crippen LogP contribution in [0.15, 0.2) is 4.99 Å². The maximum atomic E-state index is 8.52. The summed E-state index contributed by atoms with van der Waals surface area (Å²) in [6, 6.07) is 0.483. The van der Waals surface area contributed by atoms with Crippen LogP contribution in [0.4, 0.5) is 0 Å². The van der Waals surface area contributed by atoms with Gasteiger partial charge in [-0.15, -0.1) is 0 Å². The molecule has 0 radical (unpaired) electrons. The van der Waals surface area contributed by atoms with Crippen LogP contribution >= 0.6 is 11.8 Å². The lowest BCUT2D eigenvalue weighted by Crippen LogP contribution is -2.21. The molecule has 3 nitrogen and oxygen atoms in total. The number of thioether (sulfide) groups is 1. The summed E-state index contributed by atoms with van der Waals surface area (Å²) < 4.78 is 0. The van der Waals surface area contributed by atoms with Crippen molar-refractivity contribution in [1.29, 1.82) is 5.26 Å². The highest BCUT2D eigenvalue weighted by molar-refractivity contribution is 8.13. The molecule has 2 saturated carbocycles. The second-order valence-electron chi connectivity index (χ2n) is 4.12. The van der Waals surface area contributed by atoms with E-state index in [1.165, 1.54) is 37.4 Å². The van der Waals surface area contributed by atoms with Crippen molar-refractivity contribution in [2.75, 3.05) is 6.26 Å². The number of aliphatic imine (C=N–C) groups is 1. The standard InChI is InChI=1S/C10H15N3S/c1-14-10(12-6-11)13-9-5-7-2-3-8(9)4-7/h7-9H,2-5H2,1H3,(H,12,13)/t7-,8+,9+/m1/s1. The molecule has 0 unspecified atom stereocenters. The van der Waals surface area contributed by atoms with Crippen molar-refractivity contribution in [1.82, 2.24) is 5.32 Å². The summed E-state index contributed by atoms with van der Waals surface area (Å²) in [6.07, 6.45) is 9.23. The minimum Gasteiger partial charge on any atom is -0.272 e. The zero-order chi connectivity index (χ0) is 9.97. The number of nitrogens with zero attached hydrogens (tertiary/aromatic N) is 2. The Labute approximate surface area is 89.0 Å². The molecule has 0 amide bonds. The third-order valence-corrected chi connectivity index (χ3v) is 3.93. The van der Waals surface area contributed by atoms with Crippen LogP contribution in [-0.4, -0.2) is 17.5 Å². The van der Waals surface area contributed by atoms with E-state index in [2.05, 4.69) is 10.3 Å². The third-order valence-electron chi connectivity index (χ3n) is 3.34. The third kappa shape index (κ3) is 1.88. The van der Waals surface area contributed by atoms with Gasteiger partial charge in [0.2, 0.25) is 0 Å². The van der Waals surface area contributed by atoms with Crippen LogP contribution in [-0.2, 0) is 0 Å². The van der Waals surface area contributed by atoms with E-state index in [0.717, 1.165) is 17.0 Å². The summed E-state index contributed by atoms with van der Waals surface area (Å²) in [7, 11) is 0. The van der Waals surface area contributed by atoms with Gasteiger partial charge in [0.25, 0.3) is 0 Å². The number of amidine groups is 1. The molecule has 0 saturated heterocycles. The molecule has 14 heavy (non-hydrogen) atoms. The number of hydrogen-bond acceptors (Lipinski definition) is 3. The van der Waals surface area contributed by atoms with Crippen LogP contribution in [0.5, 0.6) is 0 Å². The first-order valence-corrected chi connectivity index (χ1v) is 6.33. The molecule has 0 spiro atoms. The first-order valence-electron chi connectivity index (χ1n) is 5.10. The van der Waals surface area contributed by atoms with Gasteiger partial charge in [0.15, 0.2) is 11.4 Å². The molecule has 2 aliphatic carbocycles. The zero-order valence-corrected chi connectivity index (χ0v) is 9.18. The van der Waals surface area contributed by atoms with Crippen LogP contribution in [0.1, 0.15) is 25.7 Å². The Morgan fingerprint density at radius 1 is 1.50 bits per heavy atom. The van der Waals surface area contributed by atoms with Crippen molar-refractivity contribution in [2.24, 2.45) is 16.8 Å². The molecule has 0 aliphatic heterocycles. The fraction of sp³-hybridized carbons (Fsp3) is 0.800. The van der Waals surface area contributed by atoms with Crippen molar-refractivity contribution in [3.05, 3.63) is 0 Å². The van der Waals surface area contributed by atoms with Gasteiger partial charge in [0.05, 0.1) is 6.04 Å². The van der Waals surface area contributed by atoms with Crippen molar-refractivity contribution >= 4 is 16.9 Å². The lowest BCUT2D eigenvalue weighted by molar-refractivity contribution is 0.420. The molecule has 0 heterocycles. The summed E-state index contributed by atoms with van der Waals surface area (Å²) in [5.74, 6) is 1.71. The minimum atomic E-state index is 0.483. The van der Waals surface area contributed by atoms with Gasteiger partial charge in [-0.05, 0) is 37.4 Å². The van der Waals surface area contributed by atoms with Crippen LogP contribution in [0, 0.1) is 23.3 Å². The summed E-state index contributed by atoms with van der Waals surface area (Å²) in [4.78, 5) is 4.61. The summed E-state index contributed by atoms with van der Waals surface area (Å²) in [5, 5.41) is 11.9. The monoisotopic (exact) mass is 209 g/mol. The minimum absolute atomic E-state index is 0.483. The van der Waals surface area contributed by atoms with Gasteiger partial charge in [-0.1, -0.05) is 18.2 Å². The topological polar surface area (TPSA) is 48.2 Å². The summed E-state index contributed by atoms with van der Waals surface area (Å²) in [6.45, 7) is 0. The van der Waals surface area contributed by atoms with Crippen molar-refractivity contribution in [3.8, 4) is 6.19 Å². The lowest BCUT2D eigenvalue weighted by Gasteiger charge is -2.18. The van der Waals surface area contributed by atoms with Gasteiger partial charge in [-0.2, -0.15) is 5.26 Å². The molecule has 2 fully saturated rings. The Kier molecular flexibility index (Phi) is 2.97. The first kappa shape index (κ1) is 9.85. The second kappa shape index (κ2) is 4.22. The van der Waals surface area contributed by atoms with Gasteiger partial charge in [0, 0.05) is 0 Å². The summed E-state index contributed by atoms with van der Waals surface area (Å²) in [5.41, 5.74) is 0. The van der Waals surface area contributed by atoms with E-state index < -0.39 is 0 Å². The highest BCUT2D eigenvalue weighted by Gasteiger charge is 2.39. The zero-order valence-electron chi connectivity index (χ0n) is 8.36. The molecule has 0 aromatic heterocycles. The van der Waals surface area contributed by atoms with E-state index in [-0.39, 0.29) is 0 Å². The Bertz CT molecular complexity index is 282. The van der Waals surface area contributed by atoms with Crippen LogP contribution in [0.3, 0.4) is 0 Å². The van der Waals surface area contributed by atoms with Crippen LogP contribution in [0.25, 0.3) is 0 Å².